The van der Waals surface area contributed by atoms with Crippen LogP contribution in [0.2, 0.25) is 0 Å². The van der Waals surface area contributed by atoms with Crippen LogP contribution in [0.15, 0.2) is 121 Å². The summed E-state index contributed by atoms with van der Waals surface area (Å²) < 4.78 is 0. The zero-order valence-electron chi connectivity index (χ0n) is 32.8. The molecule has 0 unspecified atom stereocenters. The van der Waals surface area contributed by atoms with E-state index in [0.717, 1.165) is 27.5 Å². The Labute approximate surface area is 343 Å². The van der Waals surface area contributed by atoms with Crippen LogP contribution in [0.4, 0.5) is 0 Å². The van der Waals surface area contributed by atoms with Gasteiger partial charge in [-0.25, -0.2) is 4.98 Å². The van der Waals surface area contributed by atoms with Gasteiger partial charge in [0.05, 0.1) is 6.33 Å². The highest BCUT2D eigenvalue weighted by molar-refractivity contribution is 5.95. The number of benzene rings is 4. The Bertz CT molecular complexity index is 2180. The maximum absolute atomic E-state index is 14.2. The van der Waals surface area contributed by atoms with Gasteiger partial charge in [0.1, 0.15) is 24.2 Å². The van der Waals surface area contributed by atoms with Crippen LogP contribution in [0.1, 0.15) is 48.1 Å². The van der Waals surface area contributed by atoms with E-state index in [1.165, 1.54) is 6.33 Å². The second-order valence-corrected chi connectivity index (χ2v) is 14.4. The molecule has 0 aliphatic heterocycles. The third-order valence-corrected chi connectivity index (χ3v) is 9.75. The summed E-state index contributed by atoms with van der Waals surface area (Å²) >= 11 is 0. The molecule has 0 aliphatic carbocycles. The summed E-state index contributed by atoms with van der Waals surface area (Å²) in [5.74, 6) is -3.13. The number of hydrogen-bond acceptors (Lipinski definition) is 7. The van der Waals surface area contributed by atoms with Crippen molar-refractivity contribution in [2.75, 3.05) is 6.54 Å². The molecule has 5 amide bonds. The number of imidazole rings is 1. The molecule has 4 atom stereocenters. The molecule has 0 saturated carbocycles. The Morgan fingerprint density at radius 3 is 1.86 bits per heavy atom. The van der Waals surface area contributed by atoms with Crippen LogP contribution in [-0.4, -0.2) is 76.2 Å². The van der Waals surface area contributed by atoms with E-state index in [-0.39, 0.29) is 50.5 Å². The molecule has 0 fully saturated rings. The fourth-order valence-corrected chi connectivity index (χ4v) is 6.66. The maximum atomic E-state index is 14.2. The second-order valence-electron chi connectivity index (χ2n) is 14.4. The van der Waals surface area contributed by atoms with Crippen LogP contribution < -0.4 is 38.5 Å². The minimum atomic E-state index is -1.18. The van der Waals surface area contributed by atoms with Gasteiger partial charge in [0.15, 0.2) is 5.96 Å². The Morgan fingerprint density at radius 2 is 1.20 bits per heavy atom. The van der Waals surface area contributed by atoms with E-state index in [1.54, 1.807) is 6.20 Å². The Kier molecular flexibility index (Phi) is 16.1. The van der Waals surface area contributed by atoms with Crippen LogP contribution in [0, 0.1) is 0 Å². The number of rotatable bonds is 22. The number of nitrogens with two attached hydrogens (primary N) is 3. The number of primary amides is 1. The number of amides is 5. The van der Waals surface area contributed by atoms with Gasteiger partial charge in [-0.05, 0) is 53.1 Å². The van der Waals surface area contributed by atoms with Crippen molar-refractivity contribution in [3.8, 4) is 0 Å². The van der Waals surface area contributed by atoms with E-state index in [0.29, 0.717) is 25.0 Å². The summed E-state index contributed by atoms with van der Waals surface area (Å²) in [5, 5.41) is 13.2. The average Bonchev–Trinajstić information content (AvgIpc) is 3.75. The lowest BCUT2D eigenvalue weighted by Crippen LogP contribution is -2.59. The highest BCUT2D eigenvalue weighted by Crippen LogP contribution is 2.17. The third kappa shape index (κ3) is 14.1. The Balaban J connectivity index is 1.33. The summed E-state index contributed by atoms with van der Waals surface area (Å²) in [6.45, 7) is 0.169. The number of aliphatic imine (C=N–C) groups is 1. The quantitative estimate of drug-likeness (QED) is 0.0292. The van der Waals surface area contributed by atoms with Crippen LogP contribution in [-0.2, 0) is 49.7 Å². The molecular weight excluding hydrogens is 749 g/mol. The van der Waals surface area contributed by atoms with Gasteiger partial charge in [-0.3, -0.25) is 29.0 Å². The van der Waals surface area contributed by atoms with E-state index < -0.39 is 47.8 Å². The SMILES string of the molecule is NC(=O)[C@H](Cc1ccc2ccccc2c1)NC(=O)[C@H](CCCN=C(N)N)NC(=O)[C@@H](Cc1ccccc1)NC(=O)[C@H](Cc1cnc[nH]1)NC(=O)CCCc1ccccc1. The van der Waals surface area contributed by atoms with Gasteiger partial charge < -0.3 is 43.5 Å². The normalized spacial score (nSPS) is 12.9. The summed E-state index contributed by atoms with van der Waals surface area (Å²) in [7, 11) is 0. The minimum Gasteiger partial charge on any atom is -0.370 e. The van der Waals surface area contributed by atoms with Crippen molar-refractivity contribution < 1.29 is 24.0 Å². The van der Waals surface area contributed by atoms with Crippen LogP contribution in [0.25, 0.3) is 10.8 Å². The minimum absolute atomic E-state index is 0.0639. The van der Waals surface area contributed by atoms with Gasteiger partial charge in [0.2, 0.25) is 29.5 Å². The van der Waals surface area contributed by atoms with Crippen molar-refractivity contribution in [2.45, 2.75) is 75.5 Å². The van der Waals surface area contributed by atoms with Gasteiger partial charge in [-0.15, -0.1) is 0 Å². The lowest BCUT2D eigenvalue weighted by Gasteiger charge is -2.26. The molecule has 59 heavy (non-hydrogen) atoms. The van der Waals surface area contributed by atoms with Crippen LogP contribution in [0.3, 0.4) is 0 Å². The topological polar surface area (TPSA) is 253 Å². The van der Waals surface area contributed by atoms with Gasteiger partial charge in [-0.2, -0.15) is 0 Å². The average molecular weight is 801 g/mol. The molecule has 1 aromatic heterocycles. The zero-order chi connectivity index (χ0) is 42.0. The molecule has 5 aromatic rings. The smallest absolute Gasteiger partial charge is 0.243 e. The third-order valence-electron chi connectivity index (χ3n) is 9.75. The molecule has 5 rings (SSSR count). The first-order valence-electron chi connectivity index (χ1n) is 19.6. The lowest BCUT2D eigenvalue weighted by molar-refractivity contribution is -0.134. The molecule has 0 radical (unpaired) electrons. The van der Waals surface area contributed by atoms with E-state index in [1.807, 2.05) is 103 Å². The highest BCUT2D eigenvalue weighted by Gasteiger charge is 2.31. The fraction of sp³-hybridized carbons (Fsp3) is 0.295. The monoisotopic (exact) mass is 800 g/mol. The van der Waals surface area contributed by atoms with Crippen molar-refractivity contribution in [1.29, 1.82) is 0 Å². The standard InChI is InChI=1S/C44H52N10O5/c45-40(56)36(25-31-20-21-32-16-7-8-17-33(32)23-31)53-41(57)35(18-10-22-49-44(46)47)52-42(58)37(24-30-13-5-2-6-14-30)54-43(59)38(26-34-27-48-28-50-34)51-39(55)19-9-15-29-11-3-1-4-12-29/h1-8,11-14,16-17,20-21,23,27-28,35-38H,9-10,15,18-19,22,24-26H2,(H2,45,56)(H,48,50)(H,51,55)(H,52,58)(H,53,57)(H,54,59)(H4,46,47,49)/t35-,36-,37+,38-/m0/s1. The van der Waals surface area contributed by atoms with Gasteiger partial charge in [0, 0.05) is 44.1 Å². The van der Waals surface area contributed by atoms with Crippen molar-refractivity contribution >= 4 is 46.3 Å². The first-order valence-corrected chi connectivity index (χ1v) is 19.6. The summed E-state index contributed by atoms with van der Waals surface area (Å²) in [5.41, 5.74) is 20.0. The summed E-state index contributed by atoms with van der Waals surface area (Å²) in [6, 6.07) is 27.8. The lowest BCUT2D eigenvalue weighted by atomic mass is 10.0. The number of carbonyl (C=O) groups is 5. The molecule has 0 aliphatic rings. The second kappa shape index (κ2) is 22.1. The Morgan fingerprint density at radius 1 is 0.610 bits per heavy atom. The molecule has 15 nitrogen and oxygen atoms in total. The maximum Gasteiger partial charge on any atom is 0.243 e. The van der Waals surface area contributed by atoms with Crippen molar-refractivity contribution in [3.63, 3.8) is 0 Å². The predicted molar refractivity (Wildman–Crippen MR) is 226 cm³/mol. The van der Waals surface area contributed by atoms with Gasteiger partial charge in [-0.1, -0.05) is 103 Å². The summed E-state index contributed by atoms with van der Waals surface area (Å²) in [4.78, 5) is 79.1. The number of aromatic amines is 1. The number of carbonyl (C=O) groups excluding carboxylic acids is 5. The molecule has 308 valence electrons. The highest BCUT2D eigenvalue weighted by atomic mass is 16.2. The number of aromatic nitrogens is 2. The largest absolute Gasteiger partial charge is 0.370 e. The molecule has 11 N–H and O–H groups in total. The molecular formula is C44H52N10O5. The number of aryl methyl sites for hydroxylation is 1. The van der Waals surface area contributed by atoms with Gasteiger partial charge >= 0.3 is 0 Å². The van der Waals surface area contributed by atoms with Crippen molar-refractivity contribution in [3.05, 3.63) is 138 Å². The number of nitrogens with zero attached hydrogens (tertiary/aromatic N) is 2. The molecule has 0 bridgehead atoms. The number of guanidine groups is 1. The molecule has 1 heterocycles. The number of hydrogen-bond donors (Lipinski definition) is 8. The zero-order valence-corrected chi connectivity index (χ0v) is 32.8. The molecule has 15 heteroatoms. The van der Waals surface area contributed by atoms with E-state index in [4.69, 9.17) is 17.2 Å². The van der Waals surface area contributed by atoms with E-state index >= 15 is 0 Å². The number of nitrogens with one attached hydrogen (secondary N) is 5. The van der Waals surface area contributed by atoms with Gasteiger partial charge in [0.25, 0.3) is 0 Å². The first kappa shape index (κ1) is 43.1. The summed E-state index contributed by atoms with van der Waals surface area (Å²) in [6.07, 6.45) is 5.10. The van der Waals surface area contributed by atoms with Crippen molar-refractivity contribution in [2.24, 2.45) is 22.2 Å². The molecule has 0 saturated heterocycles. The van der Waals surface area contributed by atoms with Crippen LogP contribution in [0.5, 0.6) is 0 Å². The molecule has 4 aromatic carbocycles. The van der Waals surface area contributed by atoms with Crippen molar-refractivity contribution in [1.82, 2.24) is 31.2 Å². The van der Waals surface area contributed by atoms with Crippen LogP contribution >= 0.6 is 0 Å². The molecule has 0 spiro atoms. The number of H-pyrrole nitrogens is 1. The van der Waals surface area contributed by atoms with E-state index in [2.05, 4.69) is 36.2 Å². The fourth-order valence-electron chi connectivity index (χ4n) is 6.66. The first-order chi connectivity index (χ1) is 28.5. The predicted octanol–water partition coefficient (Wildman–Crippen LogP) is 2.09. The van der Waals surface area contributed by atoms with E-state index in [9.17, 15) is 24.0 Å². The number of fused-ring (bicyclic) bond motifs is 1. The Hall–Kier alpha value is -7.03.